The van der Waals surface area contributed by atoms with Crippen LogP contribution in [0.25, 0.3) is 32.8 Å². The van der Waals surface area contributed by atoms with Gasteiger partial charge in [0.15, 0.2) is 0 Å². The van der Waals surface area contributed by atoms with Crippen molar-refractivity contribution in [3.63, 3.8) is 0 Å². The number of carbonyl (C=O) groups excluding carboxylic acids is 2. The number of aliphatic carboxylic acids is 1. The molecule has 0 unspecified atom stereocenters. The maximum atomic E-state index is 13.3. The van der Waals surface area contributed by atoms with Crippen molar-refractivity contribution < 1.29 is 19.5 Å². The molecule has 9 heteroatoms. The summed E-state index contributed by atoms with van der Waals surface area (Å²) in [7, 11) is 0. The molecule has 2 amide bonds. The normalized spacial score (nSPS) is 17.9. The number of aromatic nitrogens is 2. The van der Waals surface area contributed by atoms with Gasteiger partial charge in [0.25, 0.3) is 17.8 Å². The van der Waals surface area contributed by atoms with Crippen LogP contribution in [0.3, 0.4) is 0 Å². The van der Waals surface area contributed by atoms with Crippen LogP contribution in [0.15, 0.2) is 54.7 Å². The second-order valence-electron chi connectivity index (χ2n) is 10.4. The molecule has 39 heavy (non-hydrogen) atoms. The summed E-state index contributed by atoms with van der Waals surface area (Å²) in [6.07, 6.45) is 4.18. The number of carbonyl (C=O) groups is 3. The van der Waals surface area contributed by atoms with Crippen LogP contribution < -0.4 is 15.5 Å². The number of H-pyrrole nitrogens is 1. The van der Waals surface area contributed by atoms with Gasteiger partial charge in [-0.1, -0.05) is 42.5 Å². The number of aryl methyl sites for hydroxylation is 1. The third-order valence-corrected chi connectivity index (χ3v) is 7.64. The molecule has 9 nitrogen and oxygen atoms in total. The first-order valence-corrected chi connectivity index (χ1v) is 13.0. The van der Waals surface area contributed by atoms with Crippen molar-refractivity contribution >= 4 is 56.4 Å². The number of piperazine rings is 1. The van der Waals surface area contributed by atoms with Crippen LogP contribution in [0.5, 0.6) is 0 Å². The SMILES string of the molecule is CC(=O)O.Cc1cccc2c(C3=C(c4nc(N5CCNC6(CC6)C5)cc5ccccc45)C(=O)NC3=O)c[nH]c12. The molecular formula is C30H29N5O4. The van der Waals surface area contributed by atoms with Gasteiger partial charge in [0.2, 0.25) is 0 Å². The highest BCUT2D eigenvalue weighted by Crippen LogP contribution is 2.41. The van der Waals surface area contributed by atoms with Gasteiger partial charge in [0, 0.05) is 60.1 Å². The Balaban J connectivity index is 0.000000650. The molecule has 7 rings (SSSR count). The van der Waals surface area contributed by atoms with Crippen LogP contribution in [0.1, 0.15) is 36.6 Å². The van der Waals surface area contributed by atoms with Crippen LogP contribution in [-0.4, -0.2) is 58.0 Å². The number of amides is 2. The molecule has 3 aliphatic rings. The molecule has 0 bridgehead atoms. The molecule has 1 spiro atoms. The second kappa shape index (κ2) is 9.36. The fourth-order valence-electron chi connectivity index (χ4n) is 5.63. The lowest BCUT2D eigenvalue weighted by molar-refractivity contribution is -0.134. The van der Waals surface area contributed by atoms with Gasteiger partial charge in [-0.05, 0) is 36.8 Å². The van der Waals surface area contributed by atoms with Gasteiger partial charge in [-0.25, -0.2) is 4.98 Å². The van der Waals surface area contributed by atoms with Crippen molar-refractivity contribution in [3.05, 3.63) is 71.5 Å². The molecule has 2 fully saturated rings. The lowest BCUT2D eigenvalue weighted by Gasteiger charge is -2.35. The average Bonchev–Trinajstić information content (AvgIpc) is 3.38. The molecule has 4 aromatic rings. The van der Waals surface area contributed by atoms with E-state index in [0.29, 0.717) is 16.8 Å². The van der Waals surface area contributed by atoms with Gasteiger partial charge >= 0.3 is 0 Å². The lowest BCUT2D eigenvalue weighted by Crippen LogP contribution is -2.52. The van der Waals surface area contributed by atoms with Gasteiger partial charge < -0.3 is 20.3 Å². The Morgan fingerprint density at radius 1 is 1.03 bits per heavy atom. The highest BCUT2D eigenvalue weighted by atomic mass is 16.4. The van der Waals surface area contributed by atoms with Gasteiger partial charge in [-0.2, -0.15) is 0 Å². The molecule has 198 valence electrons. The molecule has 0 radical (unpaired) electrons. The maximum absolute atomic E-state index is 13.3. The van der Waals surface area contributed by atoms with E-state index < -0.39 is 11.9 Å². The fourth-order valence-corrected chi connectivity index (χ4v) is 5.63. The topological polar surface area (TPSA) is 127 Å². The molecule has 1 saturated carbocycles. The first kappa shape index (κ1) is 24.8. The van der Waals surface area contributed by atoms with E-state index in [1.807, 2.05) is 55.6 Å². The highest BCUT2D eigenvalue weighted by Gasteiger charge is 2.46. The van der Waals surface area contributed by atoms with Gasteiger partial charge in [0.1, 0.15) is 5.82 Å². The van der Waals surface area contributed by atoms with E-state index in [1.54, 1.807) is 0 Å². The van der Waals surface area contributed by atoms with E-state index in [9.17, 15) is 9.59 Å². The third-order valence-electron chi connectivity index (χ3n) is 7.64. The minimum absolute atomic E-state index is 0.193. The Morgan fingerprint density at radius 2 is 1.74 bits per heavy atom. The number of aromatic amines is 1. The number of carboxylic acids is 1. The number of carboxylic acid groups (broad SMARTS) is 1. The summed E-state index contributed by atoms with van der Waals surface area (Å²) in [4.78, 5) is 46.1. The van der Waals surface area contributed by atoms with E-state index in [4.69, 9.17) is 14.9 Å². The summed E-state index contributed by atoms with van der Waals surface area (Å²) in [5, 5.41) is 16.4. The predicted molar refractivity (Wildman–Crippen MR) is 150 cm³/mol. The number of fused-ring (bicyclic) bond motifs is 2. The quantitative estimate of drug-likeness (QED) is 0.302. The van der Waals surface area contributed by atoms with E-state index in [0.717, 1.165) is 65.2 Å². The molecule has 2 aromatic carbocycles. The van der Waals surface area contributed by atoms with Crippen LogP contribution >= 0.6 is 0 Å². The summed E-state index contributed by atoms with van der Waals surface area (Å²) in [6.45, 7) is 5.77. The fraction of sp³-hybridized carbons (Fsp3) is 0.267. The van der Waals surface area contributed by atoms with Crippen molar-refractivity contribution in [2.45, 2.75) is 32.2 Å². The van der Waals surface area contributed by atoms with E-state index in [-0.39, 0.29) is 11.4 Å². The Kier molecular flexibility index (Phi) is 5.95. The maximum Gasteiger partial charge on any atom is 0.300 e. The summed E-state index contributed by atoms with van der Waals surface area (Å²) in [5.41, 5.74) is 4.23. The van der Waals surface area contributed by atoms with Crippen molar-refractivity contribution in [2.75, 3.05) is 24.5 Å². The molecule has 4 heterocycles. The van der Waals surface area contributed by atoms with Crippen LogP contribution in [0.2, 0.25) is 0 Å². The summed E-state index contributed by atoms with van der Waals surface area (Å²) < 4.78 is 0. The minimum Gasteiger partial charge on any atom is -0.481 e. The molecule has 1 aliphatic carbocycles. The Morgan fingerprint density at radius 3 is 2.51 bits per heavy atom. The summed E-state index contributed by atoms with van der Waals surface area (Å²) >= 11 is 0. The monoisotopic (exact) mass is 523 g/mol. The summed E-state index contributed by atoms with van der Waals surface area (Å²) in [5.74, 6) is -0.774. The number of nitrogens with one attached hydrogen (secondary N) is 3. The average molecular weight is 524 g/mol. The number of anilines is 1. The van der Waals surface area contributed by atoms with Crippen molar-refractivity contribution in [3.8, 4) is 0 Å². The Bertz CT molecular complexity index is 1690. The van der Waals surface area contributed by atoms with Crippen molar-refractivity contribution in [2.24, 2.45) is 0 Å². The lowest BCUT2D eigenvalue weighted by atomic mass is 9.95. The smallest absolute Gasteiger partial charge is 0.300 e. The first-order chi connectivity index (χ1) is 18.8. The second-order valence-corrected chi connectivity index (χ2v) is 10.4. The number of rotatable bonds is 3. The highest BCUT2D eigenvalue weighted by molar-refractivity contribution is 6.50. The van der Waals surface area contributed by atoms with E-state index >= 15 is 0 Å². The van der Waals surface area contributed by atoms with E-state index in [2.05, 4.69) is 26.6 Å². The third kappa shape index (κ3) is 4.44. The number of pyridine rings is 1. The standard InChI is InChI=1S/C28H25N5O2.C2H4O2/c1-16-5-4-8-19-20(14-29-24(16)19)22-23(27(35)32-26(22)34)25-18-7-3-2-6-17(18)13-21(31-25)33-12-11-30-28(15-33)9-10-28;1-2(3)4/h2-8,13-14,29-30H,9-12,15H2,1H3,(H,32,34,35);1H3,(H,3,4). The first-order valence-electron chi connectivity index (χ1n) is 13.0. The number of imide groups is 1. The number of hydrogen-bond acceptors (Lipinski definition) is 6. The molecule has 0 atom stereocenters. The predicted octanol–water partition coefficient (Wildman–Crippen LogP) is 3.62. The van der Waals surface area contributed by atoms with Crippen LogP contribution in [0.4, 0.5) is 5.82 Å². The number of benzene rings is 2. The molecule has 4 N–H and O–H groups in total. The molecule has 1 saturated heterocycles. The van der Waals surface area contributed by atoms with Gasteiger partial charge in [-0.15, -0.1) is 0 Å². The van der Waals surface area contributed by atoms with Gasteiger partial charge in [0.05, 0.1) is 16.8 Å². The zero-order chi connectivity index (χ0) is 27.3. The molecular weight excluding hydrogens is 494 g/mol. The summed E-state index contributed by atoms with van der Waals surface area (Å²) in [6, 6.07) is 16.0. The van der Waals surface area contributed by atoms with Crippen molar-refractivity contribution in [1.82, 2.24) is 20.6 Å². The Labute approximate surface area is 224 Å². The number of nitrogens with zero attached hydrogens (tertiary/aromatic N) is 2. The largest absolute Gasteiger partial charge is 0.481 e. The van der Waals surface area contributed by atoms with Crippen molar-refractivity contribution in [1.29, 1.82) is 0 Å². The number of hydrogen-bond donors (Lipinski definition) is 4. The molecule has 2 aromatic heterocycles. The minimum atomic E-state index is -0.833. The van der Waals surface area contributed by atoms with Crippen LogP contribution in [-0.2, 0) is 14.4 Å². The number of para-hydroxylation sites is 1. The van der Waals surface area contributed by atoms with Gasteiger partial charge in [-0.3, -0.25) is 19.7 Å². The zero-order valence-electron chi connectivity index (χ0n) is 21.8. The molecule has 2 aliphatic heterocycles. The van der Waals surface area contributed by atoms with E-state index in [1.165, 1.54) is 12.8 Å². The Hall–Kier alpha value is -4.50. The zero-order valence-corrected chi connectivity index (χ0v) is 21.8. The van der Waals surface area contributed by atoms with Crippen LogP contribution in [0, 0.1) is 6.92 Å².